The number of carbonyl (C=O) groups excluding carboxylic acids is 2. The van der Waals surface area contributed by atoms with Gasteiger partial charge in [-0.05, 0) is 62.4 Å². The molecule has 0 fully saturated rings. The maximum Gasteiger partial charge on any atom is 0.223 e. The van der Waals surface area contributed by atoms with Crippen LogP contribution >= 0.6 is 0 Å². The second kappa shape index (κ2) is 10.2. The minimum absolute atomic E-state index is 0.0160. The predicted molar refractivity (Wildman–Crippen MR) is 137 cm³/mol. The van der Waals surface area contributed by atoms with Crippen molar-refractivity contribution in [3.05, 3.63) is 60.3 Å². The molecule has 170 valence electrons. The molecule has 0 N–H and O–H groups in total. The van der Waals surface area contributed by atoms with Gasteiger partial charge >= 0.3 is 0 Å². The number of benzene rings is 2. The van der Waals surface area contributed by atoms with Crippen LogP contribution in [0.1, 0.15) is 34.1 Å². The van der Waals surface area contributed by atoms with Crippen LogP contribution in [-0.4, -0.2) is 43.0 Å². The number of allylic oxidation sites excluding steroid dienone is 2. The zero-order valence-electron chi connectivity index (χ0n) is 20.0. The second-order valence-electron chi connectivity index (χ2n) is 7.94. The van der Waals surface area contributed by atoms with Crippen molar-refractivity contribution >= 4 is 51.7 Å². The molecule has 0 bridgehead atoms. The molecule has 0 spiro atoms. The summed E-state index contributed by atoms with van der Waals surface area (Å²) in [4.78, 5) is 40.3. The van der Waals surface area contributed by atoms with E-state index in [0.29, 0.717) is 6.42 Å². The van der Waals surface area contributed by atoms with E-state index in [9.17, 15) is 9.59 Å². The lowest BCUT2D eigenvalue weighted by Gasteiger charge is -2.14. The molecule has 2 amide bonds. The van der Waals surface area contributed by atoms with Gasteiger partial charge in [0.25, 0.3) is 0 Å². The highest BCUT2D eigenvalue weighted by Crippen LogP contribution is 2.23. The summed E-state index contributed by atoms with van der Waals surface area (Å²) in [6.07, 6.45) is 2.75. The van der Waals surface area contributed by atoms with Gasteiger partial charge in [0.1, 0.15) is 0 Å². The van der Waals surface area contributed by atoms with Gasteiger partial charge in [-0.2, -0.15) is 0 Å². The van der Waals surface area contributed by atoms with Crippen LogP contribution < -0.4 is 9.80 Å². The first-order valence-corrected chi connectivity index (χ1v) is 10.7. The van der Waals surface area contributed by atoms with Crippen molar-refractivity contribution < 1.29 is 9.59 Å². The van der Waals surface area contributed by atoms with Gasteiger partial charge in [0, 0.05) is 45.7 Å². The van der Waals surface area contributed by atoms with E-state index in [2.05, 4.69) is 16.1 Å². The van der Waals surface area contributed by atoms with Crippen LogP contribution in [0.2, 0.25) is 0 Å². The molecule has 1 heterocycles. The van der Waals surface area contributed by atoms with Gasteiger partial charge in [-0.25, -0.2) is 4.99 Å². The van der Waals surface area contributed by atoms with Gasteiger partial charge in [-0.15, -0.1) is 0 Å². The monoisotopic (exact) mass is 443 g/mol. The van der Waals surface area contributed by atoms with Crippen molar-refractivity contribution in [1.82, 2.24) is 0 Å². The summed E-state index contributed by atoms with van der Waals surface area (Å²) in [5.41, 5.74) is 6.68. The SMILES string of the molecule is CC(=O)N(C)c1ccc(N=C(C)C2=CCC(C(C)=Nc3ccc(N(C)C(C)=O)cc3)=N2)cc1. The summed E-state index contributed by atoms with van der Waals surface area (Å²) in [7, 11) is 3.49. The average molecular weight is 444 g/mol. The van der Waals surface area contributed by atoms with E-state index in [1.165, 1.54) is 13.8 Å². The summed E-state index contributed by atoms with van der Waals surface area (Å²) in [6, 6.07) is 15.1. The zero-order valence-corrected chi connectivity index (χ0v) is 20.0. The maximum atomic E-state index is 11.5. The molecule has 0 radical (unpaired) electrons. The molecule has 0 saturated heterocycles. The van der Waals surface area contributed by atoms with E-state index in [-0.39, 0.29) is 11.8 Å². The van der Waals surface area contributed by atoms with Gasteiger partial charge < -0.3 is 9.80 Å². The van der Waals surface area contributed by atoms with Crippen molar-refractivity contribution in [2.75, 3.05) is 23.9 Å². The molecular weight excluding hydrogens is 414 g/mol. The molecule has 2 aromatic rings. The van der Waals surface area contributed by atoms with E-state index in [1.54, 1.807) is 23.9 Å². The smallest absolute Gasteiger partial charge is 0.223 e. The molecule has 7 heteroatoms. The van der Waals surface area contributed by atoms with E-state index in [0.717, 1.165) is 45.6 Å². The summed E-state index contributed by atoms with van der Waals surface area (Å²) in [5.74, 6) is -0.0329. The molecule has 0 unspecified atom stereocenters. The molecule has 0 atom stereocenters. The first-order chi connectivity index (χ1) is 15.7. The lowest BCUT2D eigenvalue weighted by molar-refractivity contribution is -0.117. The van der Waals surface area contributed by atoms with Gasteiger partial charge in [-0.3, -0.25) is 19.6 Å². The fourth-order valence-electron chi connectivity index (χ4n) is 3.26. The van der Waals surface area contributed by atoms with Gasteiger partial charge in [0.2, 0.25) is 11.8 Å². The first-order valence-electron chi connectivity index (χ1n) is 10.7. The third-order valence-electron chi connectivity index (χ3n) is 5.54. The van der Waals surface area contributed by atoms with Crippen molar-refractivity contribution in [3.8, 4) is 0 Å². The number of nitrogens with zero attached hydrogens (tertiary/aromatic N) is 5. The molecule has 1 aliphatic heterocycles. The number of carbonyl (C=O) groups is 2. The minimum atomic E-state index is -0.0169. The van der Waals surface area contributed by atoms with Crippen LogP contribution in [0.3, 0.4) is 0 Å². The number of aliphatic imine (C=N–C) groups is 3. The Bertz CT molecular complexity index is 1170. The number of rotatable bonds is 6. The first kappa shape index (κ1) is 23.8. The Kier molecular flexibility index (Phi) is 7.33. The minimum Gasteiger partial charge on any atom is -0.316 e. The van der Waals surface area contributed by atoms with Gasteiger partial charge in [0.15, 0.2) is 0 Å². The molecule has 3 rings (SSSR count). The maximum absolute atomic E-state index is 11.5. The van der Waals surface area contributed by atoms with Crippen molar-refractivity contribution in [1.29, 1.82) is 0 Å². The topological polar surface area (TPSA) is 77.7 Å². The lowest BCUT2D eigenvalue weighted by atomic mass is 10.2. The largest absolute Gasteiger partial charge is 0.316 e. The van der Waals surface area contributed by atoms with Crippen LogP contribution in [0.4, 0.5) is 22.7 Å². The Balaban J connectivity index is 1.70. The normalized spacial score (nSPS) is 14.0. The Labute approximate surface area is 194 Å². The van der Waals surface area contributed by atoms with Crippen molar-refractivity contribution in [2.24, 2.45) is 15.0 Å². The molecule has 0 saturated carbocycles. The quantitative estimate of drug-likeness (QED) is 0.571. The number of hydrogen-bond acceptors (Lipinski definition) is 5. The van der Waals surface area contributed by atoms with Crippen LogP contribution in [0.15, 0.2) is 75.3 Å². The third-order valence-corrected chi connectivity index (χ3v) is 5.54. The fourth-order valence-corrected chi connectivity index (χ4v) is 3.26. The van der Waals surface area contributed by atoms with Crippen LogP contribution in [-0.2, 0) is 9.59 Å². The van der Waals surface area contributed by atoms with E-state index in [4.69, 9.17) is 4.99 Å². The molecule has 0 aromatic heterocycles. The van der Waals surface area contributed by atoms with E-state index < -0.39 is 0 Å². The lowest BCUT2D eigenvalue weighted by Crippen LogP contribution is -2.22. The van der Waals surface area contributed by atoms with Crippen LogP contribution in [0, 0.1) is 0 Å². The molecule has 33 heavy (non-hydrogen) atoms. The highest BCUT2D eigenvalue weighted by Gasteiger charge is 2.14. The Morgan fingerprint density at radius 2 is 1.15 bits per heavy atom. The molecule has 1 aliphatic rings. The zero-order chi connectivity index (χ0) is 24.1. The van der Waals surface area contributed by atoms with Crippen LogP contribution in [0.25, 0.3) is 0 Å². The highest BCUT2D eigenvalue weighted by molar-refractivity contribution is 6.43. The standard InChI is InChI=1S/C26H29N5O2/c1-17(27-21-7-11-23(12-8-21)30(5)19(3)32)25-15-16-26(29-25)18(2)28-22-9-13-24(14-10-22)31(6)20(4)33/h7-15H,16H2,1-6H3. The number of anilines is 2. The second-order valence-corrected chi connectivity index (χ2v) is 7.94. The summed E-state index contributed by atoms with van der Waals surface area (Å²) in [6.45, 7) is 6.95. The third kappa shape index (κ3) is 5.88. The van der Waals surface area contributed by atoms with Gasteiger partial charge in [0.05, 0.1) is 34.2 Å². The number of amides is 2. The Hall–Kier alpha value is -3.87. The average Bonchev–Trinajstić information content (AvgIpc) is 3.30. The Morgan fingerprint density at radius 1 is 0.727 bits per heavy atom. The fraction of sp³-hybridized carbons (Fsp3) is 0.269. The molecule has 7 nitrogen and oxygen atoms in total. The molecular formula is C26H29N5O2. The van der Waals surface area contributed by atoms with Crippen LogP contribution in [0.5, 0.6) is 0 Å². The van der Waals surface area contributed by atoms with Crippen molar-refractivity contribution in [3.63, 3.8) is 0 Å². The summed E-state index contributed by atoms with van der Waals surface area (Å²) in [5, 5.41) is 0. The van der Waals surface area contributed by atoms with E-state index in [1.807, 2.05) is 62.4 Å². The highest BCUT2D eigenvalue weighted by atomic mass is 16.2. The molecule has 0 aliphatic carbocycles. The van der Waals surface area contributed by atoms with E-state index >= 15 is 0 Å². The summed E-state index contributed by atoms with van der Waals surface area (Å²) >= 11 is 0. The molecule has 2 aromatic carbocycles. The predicted octanol–water partition coefficient (Wildman–Crippen LogP) is 5.27. The number of hydrogen-bond donors (Lipinski definition) is 0. The summed E-state index contributed by atoms with van der Waals surface area (Å²) < 4.78 is 0. The Morgan fingerprint density at radius 3 is 1.58 bits per heavy atom. The van der Waals surface area contributed by atoms with Crippen molar-refractivity contribution in [2.45, 2.75) is 34.1 Å². The van der Waals surface area contributed by atoms with Gasteiger partial charge in [-0.1, -0.05) is 6.08 Å².